The first-order valence-electron chi connectivity index (χ1n) is 14.8. The second-order valence-electron chi connectivity index (χ2n) is 11.8. The molecule has 0 aliphatic heterocycles. The van der Waals surface area contributed by atoms with Crippen molar-refractivity contribution in [2.24, 2.45) is 0 Å². The molecule has 4 aromatic carbocycles. The minimum Gasteiger partial charge on any atom is -0.0794 e. The fourth-order valence-corrected chi connectivity index (χ4v) is 13.6. The Balaban J connectivity index is 0.000000160. The van der Waals surface area contributed by atoms with Gasteiger partial charge in [-0.25, -0.2) is 0 Å². The summed E-state index contributed by atoms with van der Waals surface area (Å²) in [5.74, 6) is 0. The summed E-state index contributed by atoms with van der Waals surface area (Å²) in [7, 11) is -1.91. The minimum atomic E-state index is -0.955. The van der Waals surface area contributed by atoms with Gasteiger partial charge in [0.05, 0.1) is 17.6 Å². The van der Waals surface area contributed by atoms with Crippen molar-refractivity contribution < 1.29 is 0 Å². The van der Waals surface area contributed by atoms with Crippen LogP contribution in [0.1, 0.15) is 66.7 Å². The Bertz CT molecular complexity index is 1440. The summed E-state index contributed by atoms with van der Waals surface area (Å²) in [5, 5.41) is 0. The molecule has 0 fully saturated rings. The number of hydrogen-bond acceptors (Lipinski definition) is 0. The molecule has 4 aliphatic carbocycles. The van der Waals surface area contributed by atoms with E-state index in [4.69, 9.17) is 0 Å². The molecule has 0 spiro atoms. The van der Waals surface area contributed by atoms with Gasteiger partial charge in [0.25, 0.3) is 0 Å². The van der Waals surface area contributed by atoms with Gasteiger partial charge < -0.3 is 0 Å². The predicted molar refractivity (Wildman–Crippen MR) is 190 cm³/mol. The molecule has 8 rings (SSSR count). The Morgan fingerprint density at radius 3 is 0.810 bits per heavy atom. The van der Waals surface area contributed by atoms with E-state index in [9.17, 15) is 0 Å². The molecular weight excluding hydrogens is 526 g/mol. The van der Waals surface area contributed by atoms with Crippen LogP contribution in [0.15, 0.2) is 121 Å². The van der Waals surface area contributed by atoms with Crippen LogP contribution in [0.25, 0.3) is 24.3 Å². The van der Waals surface area contributed by atoms with Gasteiger partial charge in [-0.1, -0.05) is 159 Å². The van der Waals surface area contributed by atoms with E-state index in [0.29, 0.717) is 22.2 Å². The van der Waals surface area contributed by atoms with Crippen LogP contribution in [0, 0.1) is 0 Å². The molecule has 0 heterocycles. The van der Waals surface area contributed by atoms with E-state index in [0.717, 1.165) is 0 Å². The molecule has 0 aromatic heterocycles. The normalized spacial score (nSPS) is 22.5. The Labute approximate surface area is 278 Å². The van der Waals surface area contributed by atoms with Crippen molar-refractivity contribution >= 4 is 79.6 Å². The molecule has 2 radical (unpaired) electrons. The second-order valence-corrected chi connectivity index (χ2v) is 18.1. The zero-order valence-corrected chi connectivity index (χ0v) is 27.6. The van der Waals surface area contributed by atoms with E-state index in [-0.39, 0.29) is 37.7 Å². The maximum absolute atomic E-state index is 2.52. The van der Waals surface area contributed by atoms with Crippen molar-refractivity contribution in [3.8, 4) is 0 Å². The largest absolute Gasteiger partial charge is 0.0794 e. The monoisotopic (exact) mass is 562 g/mol. The Morgan fingerprint density at radius 1 is 0.357 bits per heavy atom. The number of fused-ring (bicyclic) bond motifs is 4. The molecule has 4 unspecified atom stereocenters. The average molecular weight is 563 g/mol. The molecule has 0 saturated heterocycles. The van der Waals surface area contributed by atoms with E-state index >= 15 is 0 Å². The second kappa shape index (κ2) is 13.4. The molecule has 198 valence electrons. The van der Waals surface area contributed by atoms with Crippen LogP contribution in [0.5, 0.6) is 0 Å². The molecule has 4 aromatic rings. The first-order valence-corrected chi connectivity index (χ1v) is 19.7. The summed E-state index contributed by atoms with van der Waals surface area (Å²) in [6.07, 6.45) is 19.0. The van der Waals surface area contributed by atoms with Crippen LogP contribution in [0.4, 0.5) is 0 Å². The van der Waals surface area contributed by atoms with Crippen LogP contribution in [-0.2, 0) is 0 Å². The average Bonchev–Trinajstić information content (AvgIpc) is 3.80. The number of benzene rings is 4. The SMILES string of the molecule is C[SiH](C1C=Cc2ccccc21)C1C=Cc2ccccc21.C[SiH](C1C=Cc2ccccc21)C1C=Cc2ccccc21.[Li].[Li]. The van der Waals surface area contributed by atoms with E-state index in [2.05, 4.69) is 159 Å². The van der Waals surface area contributed by atoms with E-state index < -0.39 is 17.6 Å². The zero-order chi connectivity index (χ0) is 27.1. The minimum absolute atomic E-state index is 0. The molecule has 4 heteroatoms. The molecule has 0 bridgehead atoms. The van der Waals surface area contributed by atoms with Crippen molar-refractivity contribution in [1.82, 2.24) is 0 Å². The summed E-state index contributed by atoms with van der Waals surface area (Å²) < 4.78 is 0. The Kier molecular flexibility index (Phi) is 9.87. The van der Waals surface area contributed by atoms with Crippen LogP contribution < -0.4 is 0 Å². The van der Waals surface area contributed by atoms with Crippen molar-refractivity contribution in [3.63, 3.8) is 0 Å². The van der Waals surface area contributed by atoms with Crippen molar-refractivity contribution in [3.05, 3.63) is 166 Å². The van der Waals surface area contributed by atoms with E-state index in [1.54, 1.807) is 22.3 Å². The molecule has 0 amide bonds. The number of hydrogen-bond donors (Lipinski definition) is 0. The zero-order valence-electron chi connectivity index (χ0n) is 25.3. The number of rotatable bonds is 4. The van der Waals surface area contributed by atoms with Gasteiger partial charge in [0.15, 0.2) is 0 Å². The van der Waals surface area contributed by atoms with Gasteiger partial charge in [0.1, 0.15) is 0 Å². The van der Waals surface area contributed by atoms with Crippen molar-refractivity contribution in [1.29, 1.82) is 0 Å². The number of allylic oxidation sites excluding steroid dienone is 4. The smallest absolute Gasteiger partial charge is 0.0592 e. The summed E-state index contributed by atoms with van der Waals surface area (Å²) >= 11 is 0. The predicted octanol–water partition coefficient (Wildman–Crippen LogP) is 8.32. The summed E-state index contributed by atoms with van der Waals surface area (Å²) in [6, 6.07) is 35.5. The molecule has 0 N–H and O–H groups in total. The maximum Gasteiger partial charge on any atom is 0.0592 e. The van der Waals surface area contributed by atoms with Gasteiger partial charge >= 0.3 is 0 Å². The van der Waals surface area contributed by atoms with Gasteiger partial charge in [-0.2, -0.15) is 0 Å². The molecule has 4 aliphatic rings. The maximum atomic E-state index is 2.52. The first-order chi connectivity index (χ1) is 19.7. The van der Waals surface area contributed by atoms with Crippen LogP contribution in [0.3, 0.4) is 0 Å². The third-order valence-electron chi connectivity index (χ3n) is 9.62. The summed E-state index contributed by atoms with van der Waals surface area (Å²) in [6.45, 7) is 5.04. The Hall–Kier alpha value is -2.53. The Morgan fingerprint density at radius 2 is 0.571 bits per heavy atom. The van der Waals surface area contributed by atoms with Crippen LogP contribution >= 0.6 is 0 Å². The summed E-state index contributed by atoms with van der Waals surface area (Å²) in [4.78, 5) is 0. The van der Waals surface area contributed by atoms with Crippen molar-refractivity contribution in [2.75, 3.05) is 0 Å². The van der Waals surface area contributed by atoms with Crippen LogP contribution in [0.2, 0.25) is 13.1 Å². The third-order valence-corrected chi connectivity index (χ3v) is 16.5. The fraction of sp³-hybridized carbons (Fsp3) is 0.158. The summed E-state index contributed by atoms with van der Waals surface area (Å²) in [5.41, 5.74) is 14.6. The topological polar surface area (TPSA) is 0 Å². The van der Waals surface area contributed by atoms with E-state index in [1.165, 1.54) is 22.3 Å². The van der Waals surface area contributed by atoms with Gasteiger partial charge in [0, 0.05) is 37.7 Å². The third kappa shape index (κ3) is 5.70. The fourth-order valence-electron chi connectivity index (χ4n) is 7.39. The van der Waals surface area contributed by atoms with Crippen LogP contribution in [-0.4, -0.2) is 55.3 Å². The van der Waals surface area contributed by atoms with Gasteiger partial charge in [-0.15, -0.1) is 0 Å². The first kappa shape index (κ1) is 30.9. The standard InChI is InChI=1S/2C19H18Si.2Li/c2*1-20(18-12-10-14-6-2-4-8-16(14)18)19-13-11-15-7-3-5-9-17(15)19;;/h2*2-13,18-20H,1H3;;. The van der Waals surface area contributed by atoms with Gasteiger partial charge in [0.2, 0.25) is 0 Å². The molecule has 0 nitrogen and oxygen atoms in total. The molecule has 4 atom stereocenters. The molecular formula is C38H36Li2Si2. The molecule has 42 heavy (non-hydrogen) atoms. The molecule has 0 saturated carbocycles. The van der Waals surface area contributed by atoms with Gasteiger partial charge in [-0.05, 0) is 66.7 Å². The van der Waals surface area contributed by atoms with Gasteiger partial charge in [-0.3, -0.25) is 0 Å². The quantitative estimate of drug-likeness (QED) is 0.219. The van der Waals surface area contributed by atoms with E-state index in [1.807, 2.05) is 0 Å². The van der Waals surface area contributed by atoms with Crippen molar-refractivity contribution in [2.45, 2.75) is 35.3 Å².